The van der Waals surface area contributed by atoms with Crippen LogP contribution in [-0.2, 0) is 6.54 Å². The predicted octanol–water partition coefficient (Wildman–Crippen LogP) is 5.31. The normalized spacial score (nSPS) is 13.0. The molecule has 9 heteroatoms. The number of carbonyl (C=O) groups excluding carboxylic acids is 1. The van der Waals surface area contributed by atoms with E-state index in [-0.39, 0.29) is 11.0 Å². The summed E-state index contributed by atoms with van der Waals surface area (Å²) in [7, 11) is 0. The van der Waals surface area contributed by atoms with E-state index in [4.69, 9.17) is 17.0 Å². The van der Waals surface area contributed by atoms with Gasteiger partial charge in [-0.15, -0.1) is 0 Å². The SMILES string of the molecule is O=C(NC(=S)Nc1ccc(Oc2ncnc3c2ncn3CC2CC2)cc1)c1cccc2ccccc12. The first kappa shape index (κ1) is 22.1. The Bertz CT molecular complexity index is 1590. The van der Waals surface area contributed by atoms with Crippen LogP contribution in [0.1, 0.15) is 23.2 Å². The summed E-state index contributed by atoms with van der Waals surface area (Å²) in [5, 5.41) is 7.87. The van der Waals surface area contributed by atoms with Crippen molar-refractivity contribution in [1.29, 1.82) is 0 Å². The standard InChI is InChI=1S/C27H22N6O2S/c34-25(22-7-3-5-18-4-1-2-6-21(18)22)32-27(36)31-19-10-12-20(13-11-19)35-26-23-24(28-15-29-26)33(16-30-23)14-17-8-9-17/h1-7,10-13,15-17H,8-9,14H2,(H2,31,32,34,36). The van der Waals surface area contributed by atoms with Crippen molar-refractivity contribution in [3.8, 4) is 11.6 Å². The molecule has 8 nitrogen and oxygen atoms in total. The van der Waals surface area contributed by atoms with Crippen molar-refractivity contribution in [1.82, 2.24) is 24.8 Å². The van der Waals surface area contributed by atoms with Crippen LogP contribution in [-0.4, -0.2) is 30.5 Å². The average molecular weight is 495 g/mol. The highest BCUT2D eigenvalue weighted by Gasteiger charge is 2.23. The molecule has 36 heavy (non-hydrogen) atoms. The summed E-state index contributed by atoms with van der Waals surface area (Å²) in [5.41, 5.74) is 2.69. The Morgan fingerprint density at radius 3 is 2.64 bits per heavy atom. The first-order valence-corrected chi connectivity index (χ1v) is 12.1. The number of hydrogen-bond acceptors (Lipinski definition) is 6. The van der Waals surface area contributed by atoms with E-state index in [1.807, 2.05) is 48.5 Å². The Labute approximate surface area is 212 Å². The lowest BCUT2D eigenvalue weighted by Crippen LogP contribution is -2.34. The highest BCUT2D eigenvalue weighted by atomic mass is 32.1. The van der Waals surface area contributed by atoms with Gasteiger partial charge in [0.05, 0.1) is 6.33 Å². The number of benzene rings is 3. The minimum atomic E-state index is -0.266. The summed E-state index contributed by atoms with van der Waals surface area (Å²) >= 11 is 5.36. The smallest absolute Gasteiger partial charge is 0.258 e. The second kappa shape index (κ2) is 9.35. The summed E-state index contributed by atoms with van der Waals surface area (Å²) in [5.74, 6) is 1.46. The first-order chi connectivity index (χ1) is 17.6. The van der Waals surface area contributed by atoms with Crippen LogP contribution in [0.5, 0.6) is 11.6 Å². The molecule has 0 saturated heterocycles. The largest absolute Gasteiger partial charge is 0.437 e. The molecule has 1 fully saturated rings. The number of anilines is 1. The van der Waals surface area contributed by atoms with E-state index in [0.717, 1.165) is 23.0 Å². The Hall–Kier alpha value is -4.37. The number of nitrogens with zero attached hydrogens (tertiary/aromatic N) is 4. The Balaban J connectivity index is 1.11. The van der Waals surface area contributed by atoms with Gasteiger partial charge in [0.1, 0.15) is 12.1 Å². The quantitative estimate of drug-likeness (QED) is 0.309. The molecule has 0 bridgehead atoms. The zero-order chi connectivity index (χ0) is 24.5. The molecule has 1 aliphatic carbocycles. The third-order valence-electron chi connectivity index (χ3n) is 6.11. The van der Waals surface area contributed by atoms with E-state index >= 15 is 0 Å². The van der Waals surface area contributed by atoms with E-state index in [9.17, 15) is 4.79 Å². The lowest BCUT2D eigenvalue weighted by molar-refractivity contribution is 0.0979. The molecule has 1 amide bonds. The fourth-order valence-corrected chi connectivity index (χ4v) is 4.33. The lowest BCUT2D eigenvalue weighted by Gasteiger charge is -2.12. The highest BCUT2D eigenvalue weighted by Crippen LogP contribution is 2.32. The Kier molecular flexibility index (Phi) is 5.74. The molecule has 0 unspecified atom stereocenters. The van der Waals surface area contributed by atoms with Crippen molar-refractivity contribution in [3.63, 3.8) is 0 Å². The summed E-state index contributed by atoms with van der Waals surface area (Å²) in [6, 6.07) is 20.6. The number of hydrogen-bond donors (Lipinski definition) is 2. The maximum Gasteiger partial charge on any atom is 0.258 e. The molecule has 0 spiro atoms. The number of rotatable bonds is 6. The molecular weight excluding hydrogens is 472 g/mol. The molecule has 0 atom stereocenters. The molecule has 0 aliphatic heterocycles. The fraction of sp³-hybridized carbons (Fsp3) is 0.148. The van der Waals surface area contributed by atoms with Gasteiger partial charge in [-0.1, -0.05) is 36.4 Å². The maximum absolute atomic E-state index is 12.8. The van der Waals surface area contributed by atoms with Crippen molar-refractivity contribution < 1.29 is 9.53 Å². The Morgan fingerprint density at radius 1 is 1.00 bits per heavy atom. The van der Waals surface area contributed by atoms with E-state index in [2.05, 4.69) is 30.2 Å². The molecule has 2 heterocycles. The van der Waals surface area contributed by atoms with Gasteiger partial charge in [0.2, 0.25) is 0 Å². The summed E-state index contributed by atoms with van der Waals surface area (Å²) in [6.07, 6.45) is 5.80. The number of nitrogens with one attached hydrogen (secondary N) is 2. The van der Waals surface area contributed by atoms with Crippen molar-refractivity contribution in [2.45, 2.75) is 19.4 Å². The van der Waals surface area contributed by atoms with Crippen LogP contribution >= 0.6 is 12.2 Å². The topological polar surface area (TPSA) is 94.0 Å². The van der Waals surface area contributed by atoms with Gasteiger partial charge in [0, 0.05) is 17.8 Å². The first-order valence-electron chi connectivity index (χ1n) is 11.7. The monoisotopic (exact) mass is 494 g/mol. The molecule has 1 aliphatic rings. The van der Waals surface area contributed by atoms with Gasteiger partial charge in [-0.05, 0) is 72.1 Å². The van der Waals surface area contributed by atoms with Gasteiger partial charge in [0.15, 0.2) is 16.3 Å². The van der Waals surface area contributed by atoms with E-state index < -0.39 is 0 Å². The molecule has 1 saturated carbocycles. The average Bonchev–Trinajstić information content (AvgIpc) is 3.62. The number of imidazole rings is 1. The summed E-state index contributed by atoms with van der Waals surface area (Å²) < 4.78 is 8.05. The molecule has 178 valence electrons. The van der Waals surface area contributed by atoms with Gasteiger partial charge in [-0.3, -0.25) is 10.1 Å². The van der Waals surface area contributed by atoms with Gasteiger partial charge >= 0.3 is 0 Å². The molecular formula is C27H22N6O2S. The Morgan fingerprint density at radius 2 is 1.81 bits per heavy atom. The van der Waals surface area contributed by atoms with Gasteiger partial charge in [-0.25, -0.2) is 9.97 Å². The van der Waals surface area contributed by atoms with Crippen LogP contribution in [0.3, 0.4) is 0 Å². The number of aromatic nitrogens is 4. The van der Waals surface area contributed by atoms with Crippen molar-refractivity contribution in [2.24, 2.45) is 5.92 Å². The number of amides is 1. The number of ether oxygens (including phenoxy) is 1. The number of thiocarbonyl (C=S) groups is 1. The van der Waals surface area contributed by atoms with Gasteiger partial charge in [0.25, 0.3) is 11.8 Å². The zero-order valence-corrected chi connectivity index (χ0v) is 20.0. The van der Waals surface area contributed by atoms with Crippen LogP contribution < -0.4 is 15.4 Å². The van der Waals surface area contributed by atoms with Gasteiger partial charge < -0.3 is 14.6 Å². The van der Waals surface area contributed by atoms with Crippen molar-refractivity contribution in [3.05, 3.63) is 84.9 Å². The van der Waals surface area contributed by atoms with Crippen LogP contribution in [0.4, 0.5) is 5.69 Å². The van der Waals surface area contributed by atoms with Crippen LogP contribution in [0.15, 0.2) is 79.4 Å². The highest BCUT2D eigenvalue weighted by molar-refractivity contribution is 7.80. The second-order valence-corrected chi connectivity index (χ2v) is 9.16. The third kappa shape index (κ3) is 4.60. The van der Waals surface area contributed by atoms with Crippen molar-refractivity contribution in [2.75, 3.05) is 5.32 Å². The maximum atomic E-state index is 12.8. The minimum absolute atomic E-state index is 0.209. The van der Waals surface area contributed by atoms with Crippen LogP contribution in [0, 0.1) is 5.92 Å². The van der Waals surface area contributed by atoms with Crippen LogP contribution in [0.2, 0.25) is 0 Å². The predicted molar refractivity (Wildman–Crippen MR) is 142 cm³/mol. The number of fused-ring (bicyclic) bond motifs is 2. The van der Waals surface area contributed by atoms with E-state index in [1.165, 1.54) is 19.2 Å². The summed E-state index contributed by atoms with van der Waals surface area (Å²) in [4.78, 5) is 25.9. The molecule has 3 aromatic carbocycles. The molecule has 6 rings (SSSR count). The summed E-state index contributed by atoms with van der Waals surface area (Å²) in [6.45, 7) is 0.921. The van der Waals surface area contributed by atoms with E-state index in [0.29, 0.717) is 34.3 Å². The van der Waals surface area contributed by atoms with Crippen molar-refractivity contribution >= 4 is 50.9 Å². The molecule has 0 radical (unpaired) electrons. The van der Waals surface area contributed by atoms with Gasteiger partial charge in [-0.2, -0.15) is 4.98 Å². The molecule has 5 aromatic rings. The molecule has 2 N–H and O–H groups in total. The molecule has 2 aromatic heterocycles. The number of carbonyl (C=O) groups is 1. The fourth-order valence-electron chi connectivity index (χ4n) is 4.12. The lowest BCUT2D eigenvalue weighted by atomic mass is 10.0. The van der Waals surface area contributed by atoms with E-state index in [1.54, 1.807) is 24.5 Å². The minimum Gasteiger partial charge on any atom is -0.437 e. The zero-order valence-electron chi connectivity index (χ0n) is 19.2. The second-order valence-electron chi connectivity index (χ2n) is 8.75. The van der Waals surface area contributed by atoms with Crippen LogP contribution in [0.25, 0.3) is 21.9 Å². The third-order valence-corrected chi connectivity index (χ3v) is 6.31.